The molecule has 4 heterocycles. The summed E-state index contributed by atoms with van der Waals surface area (Å²) in [4.78, 5) is 33.5. The van der Waals surface area contributed by atoms with E-state index < -0.39 is 0 Å². The van der Waals surface area contributed by atoms with Crippen molar-refractivity contribution in [1.29, 1.82) is 0 Å². The molecular weight excluding hydrogens is 380 g/mol. The average Bonchev–Trinajstić information content (AvgIpc) is 3.17. The number of imidazole rings is 1. The van der Waals surface area contributed by atoms with E-state index in [9.17, 15) is 9.90 Å². The van der Waals surface area contributed by atoms with Crippen LogP contribution < -0.4 is 4.90 Å². The zero-order chi connectivity index (χ0) is 20.7. The minimum atomic E-state index is -0.0878. The molecule has 8 heteroatoms. The third-order valence-electron chi connectivity index (χ3n) is 6.12. The Kier molecular flexibility index (Phi) is 4.61. The van der Waals surface area contributed by atoms with Gasteiger partial charge in [0.15, 0.2) is 11.6 Å². The number of aliphatic hydroxyl groups excluding tert-OH is 1. The predicted molar refractivity (Wildman–Crippen MR) is 113 cm³/mol. The first-order chi connectivity index (χ1) is 14.6. The number of nitrogens with one attached hydrogen (secondary N) is 1. The van der Waals surface area contributed by atoms with Crippen LogP contribution in [-0.4, -0.2) is 62.0 Å². The van der Waals surface area contributed by atoms with Crippen LogP contribution in [0.5, 0.6) is 0 Å². The minimum absolute atomic E-state index is 0.0878. The smallest absolute Gasteiger partial charge is 0.289 e. The Morgan fingerprint density at radius 2 is 1.87 bits per heavy atom. The molecule has 0 spiro atoms. The number of nitrogens with zero attached hydrogens (tertiary/aromatic N) is 5. The Morgan fingerprint density at radius 3 is 2.60 bits per heavy atom. The molecule has 1 amide bonds. The SMILES string of the molecule is C=C(O)C1CCN(c2nccnc2C2CN(C(=O)c3nc4ccccc4[nH]3)C2)CC1. The van der Waals surface area contributed by atoms with Crippen molar-refractivity contribution in [3.8, 4) is 0 Å². The predicted octanol–water partition coefficient (Wildman–Crippen LogP) is 2.88. The molecule has 154 valence electrons. The number of allylic oxidation sites excluding steroid dienone is 1. The van der Waals surface area contributed by atoms with Gasteiger partial charge in [-0.3, -0.25) is 9.78 Å². The maximum Gasteiger partial charge on any atom is 0.289 e. The van der Waals surface area contributed by atoms with Gasteiger partial charge >= 0.3 is 0 Å². The van der Waals surface area contributed by atoms with Gasteiger partial charge in [0.05, 0.1) is 22.5 Å². The molecule has 1 aromatic carbocycles. The first kappa shape index (κ1) is 18.6. The number of carbonyl (C=O) groups is 1. The van der Waals surface area contributed by atoms with Crippen LogP contribution in [0.3, 0.4) is 0 Å². The van der Waals surface area contributed by atoms with Crippen molar-refractivity contribution in [3.63, 3.8) is 0 Å². The molecule has 0 aliphatic carbocycles. The molecule has 2 N–H and O–H groups in total. The van der Waals surface area contributed by atoms with E-state index in [-0.39, 0.29) is 23.5 Å². The number of piperidine rings is 1. The summed E-state index contributed by atoms with van der Waals surface area (Å²) in [6, 6.07) is 7.64. The van der Waals surface area contributed by atoms with Crippen LogP contribution in [0, 0.1) is 5.92 Å². The van der Waals surface area contributed by atoms with Crippen molar-refractivity contribution in [3.05, 3.63) is 60.5 Å². The van der Waals surface area contributed by atoms with E-state index in [1.54, 1.807) is 17.3 Å². The highest BCUT2D eigenvalue weighted by Gasteiger charge is 2.37. The Balaban J connectivity index is 1.27. The van der Waals surface area contributed by atoms with E-state index in [0.717, 1.165) is 48.5 Å². The van der Waals surface area contributed by atoms with Crippen molar-refractivity contribution in [1.82, 2.24) is 24.8 Å². The van der Waals surface area contributed by atoms with Crippen molar-refractivity contribution in [2.75, 3.05) is 31.1 Å². The first-order valence-electron chi connectivity index (χ1n) is 10.3. The zero-order valence-corrected chi connectivity index (χ0v) is 16.7. The normalized spacial score (nSPS) is 17.9. The molecule has 0 atom stereocenters. The number of fused-ring (bicyclic) bond motifs is 1. The lowest BCUT2D eigenvalue weighted by atomic mass is 9.93. The Hall–Kier alpha value is -3.42. The highest BCUT2D eigenvalue weighted by Crippen LogP contribution is 2.34. The highest BCUT2D eigenvalue weighted by atomic mass is 16.3. The number of benzene rings is 1. The molecule has 2 aromatic heterocycles. The largest absolute Gasteiger partial charge is 0.513 e. The third-order valence-corrected chi connectivity index (χ3v) is 6.12. The summed E-state index contributed by atoms with van der Waals surface area (Å²) in [5, 5.41) is 9.66. The van der Waals surface area contributed by atoms with Crippen LogP contribution in [0.25, 0.3) is 11.0 Å². The topological polar surface area (TPSA) is 98.2 Å². The summed E-state index contributed by atoms with van der Waals surface area (Å²) in [5.74, 6) is 1.76. The van der Waals surface area contributed by atoms with Crippen molar-refractivity contribution >= 4 is 22.8 Å². The molecule has 2 aliphatic heterocycles. The molecule has 8 nitrogen and oxygen atoms in total. The summed E-state index contributed by atoms with van der Waals surface area (Å²) in [6.45, 7) is 6.50. The van der Waals surface area contributed by atoms with Gasteiger partial charge in [-0.15, -0.1) is 0 Å². The summed E-state index contributed by atoms with van der Waals surface area (Å²) in [7, 11) is 0. The lowest BCUT2D eigenvalue weighted by Crippen LogP contribution is -2.49. The number of amides is 1. The summed E-state index contributed by atoms with van der Waals surface area (Å²) in [5.41, 5.74) is 2.60. The molecule has 0 unspecified atom stereocenters. The second-order valence-corrected chi connectivity index (χ2v) is 8.03. The maximum atomic E-state index is 12.8. The number of anilines is 1. The van der Waals surface area contributed by atoms with Crippen molar-refractivity contribution < 1.29 is 9.90 Å². The molecule has 0 saturated carbocycles. The van der Waals surface area contributed by atoms with E-state index in [0.29, 0.717) is 18.9 Å². The van der Waals surface area contributed by atoms with Gasteiger partial charge in [-0.25, -0.2) is 9.97 Å². The Labute approximate surface area is 174 Å². The van der Waals surface area contributed by atoms with Crippen molar-refractivity contribution in [2.45, 2.75) is 18.8 Å². The number of aromatic nitrogens is 4. The highest BCUT2D eigenvalue weighted by molar-refractivity contribution is 5.94. The third kappa shape index (κ3) is 3.28. The number of aromatic amines is 1. The standard InChI is InChI=1S/C22H24N6O2/c1-14(29)15-6-10-27(11-7-15)21-19(23-8-9-24-21)16-12-28(13-16)22(30)20-25-17-4-2-3-5-18(17)26-20/h2-5,8-9,15-16,29H,1,6-7,10-13H2,(H,25,26). The van der Waals surface area contributed by atoms with Crippen LogP contribution in [0.15, 0.2) is 49.0 Å². The van der Waals surface area contributed by atoms with Gasteiger partial charge in [-0.1, -0.05) is 18.7 Å². The quantitative estimate of drug-likeness (QED) is 0.649. The minimum Gasteiger partial charge on any atom is -0.513 e. The van der Waals surface area contributed by atoms with Gasteiger partial charge in [-0.2, -0.15) is 0 Å². The van der Waals surface area contributed by atoms with Crippen LogP contribution in [-0.2, 0) is 0 Å². The van der Waals surface area contributed by atoms with Gasteiger partial charge in [0, 0.05) is 50.4 Å². The van der Waals surface area contributed by atoms with Crippen LogP contribution in [0.1, 0.15) is 35.1 Å². The molecule has 5 rings (SSSR count). The Bertz CT molecular complexity index is 1060. The van der Waals surface area contributed by atoms with Crippen molar-refractivity contribution in [2.24, 2.45) is 5.92 Å². The molecule has 0 radical (unpaired) electrons. The number of carbonyl (C=O) groups excluding carboxylic acids is 1. The average molecular weight is 404 g/mol. The molecule has 2 fully saturated rings. The molecule has 0 bridgehead atoms. The zero-order valence-electron chi connectivity index (χ0n) is 16.7. The van der Waals surface area contributed by atoms with E-state index in [1.807, 2.05) is 24.3 Å². The molecule has 30 heavy (non-hydrogen) atoms. The fourth-order valence-corrected chi connectivity index (χ4v) is 4.32. The van der Waals surface area contributed by atoms with Gasteiger partial charge in [0.2, 0.25) is 0 Å². The number of H-pyrrole nitrogens is 1. The molecule has 2 saturated heterocycles. The number of aliphatic hydroxyl groups is 1. The van der Waals surface area contributed by atoms with E-state index in [1.165, 1.54) is 0 Å². The maximum absolute atomic E-state index is 12.8. The number of likely N-dealkylation sites (tertiary alicyclic amines) is 1. The van der Waals surface area contributed by atoms with Gasteiger partial charge in [-0.05, 0) is 25.0 Å². The van der Waals surface area contributed by atoms with Gasteiger partial charge in [0.25, 0.3) is 5.91 Å². The van der Waals surface area contributed by atoms with Crippen LogP contribution in [0.2, 0.25) is 0 Å². The van der Waals surface area contributed by atoms with Crippen LogP contribution >= 0.6 is 0 Å². The number of rotatable bonds is 4. The van der Waals surface area contributed by atoms with Gasteiger partial charge in [0.1, 0.15) is 0 Å². The van der Waals surface area contributed by atoms with E-state index >= 15 is 0 Å². The number of hydrogen-bond acceptors (Lipinski definition) is 6. The van der Waals surface area contributed by atoms with E-state index in [2.05, 4.69) is 31.4 Å². The molecular formula is C22H24N6O2. The lowest BCUT2D eigenvalue weighted by Gasteiger charge is -2.40. The first-order valence-corrected chi connectivity index (χ1v) is 10.3. The lowest BCUT2D eigenvalue weighted by molar-refractivity contribution is 0.0587. The molecule has 3 aromatic rings. The fraction of sp³-hybridized carbons (Fsp3) is 0.364. The summed E-state index contributed by atoms with van der Waals surface area (Å²) < 4.78 is 0. The second kappa shape index (κ2) is 7.44. The monoisotopic (exact) mass is 404 g/mol. The van der Waals surface area contributed by atoms with E-state index in [4.69, 9.17) is 0 Å². The number of hydrogen-bond donors (Lipinski definition) is 2. The second-order valence-electron chi connectivity index (χ2n) is 8.03. The number of para-hydroxylation sites is 2. The van der Waals surface area contributed by atoms with Gasteiger partial charge < -0.3 is 19.9 Å². The fourth-order valence-electron chi connectivity index (χ4n) is 4.32. The van der Waals surface area contributed by atoms with Crippen LogP contribution in [0.4, 0.5) is 5.82 Å². The summed E-state index contributed by atoms with van der Waals surface area (Å²) in [6.07, 6.45) is 5.14. The summed E-state index contributed by atoms with van der Waals surface area (Å²) >= 11 is 0. The molecule has 2 aliphatic rings. The Morgan fingerprint density at radius 1 is 1.13 bits per heavy atom.